The molecule has 1 atom stereocenters. The third kappa shape index (κ3) is 8.61. The molecule has 0 rings (SSSR count). The highest BCUT2D eigenvalue weighted by Crippen LogP contribution is 2.17. The molecule has 0 radical (unpaired) electrons. The quantitative estimate of drug-likeness (QED) is 0.472. The van der Waals surface area contributed by atoms with Gasteiger partial charge in [0, 0.05) is 17.5 Å². The first-order valence-electron chi connectivity index (χ1n) is 5.91. The second-order valence-corrected chi connectivity index (χ2v) is 5.39. The van der Waals surface area contributed by atoms with Crippen molar-refractivity contribution >= 4 is 11.8 Å². The maximum Gasteiger partial charge on any atom is 0.0143 e. The minimum Gasteiger partial charge on any atom is -0.388 e. The Kier molecular flexibility index (Phi) is 9.91. The molecule has 0 aromatic heterocycles. The number of nitrogens with one attached hydrogen (secondary N) is 1. The van der Waals surface area contributed by atoms with Crippen LogP contribution in [0.5, 0.6) is 0 Å². The summed E-state index contributed by atoms with van der Waals surface area (Å²) in [4.78, 5) is 0. The Balaban J connectivity index is 3.93. The number of hydrogen-bond donors (Lipinski definition) is 1. The van der Waals surface area contributed by atoms with Gasteiger partial charge in [0.2, 0.25) is 0 Å². The van der Waals surface area contributed by atoms with Crippen molar-refractivity contribution in [1.82, 2.24) is 5.32 Å². The lowest BCUT2D eigenvalue weighted by Gasteiger charge is -2.14. The molecule has 0 aromatic carbocycles. The minimum absolute atomic E-state index is 0.690. The van der Waals surface area contributed by atoms with Crippen molar-refractivity contribution in [3.8, 4) is 0 Å². The highest BCUT2D eigenvalue weighted by molar-refractivity contribution is 7.99. The van der Waals surface area contributed by atoms with Crippen LogP contribution in [0.15, 0.2) is 24.4 Å². The van der Waals surface area contributed by atoms with E-state index < -0.39 is 0 Å². The topological polar surface area (TPSA) is 12.0 Å². The molecule has 0 saturated carbocycles. The Labute approximate surface area is 99.4 Å². The third-order valence-corrected chi connectivity index (χ3v) is 3.23. The molecular weight excluding hydrogens is 202 g/mol. The highest BCUT2D eigenvalue weighted by Gasteiger charge is 2.04. The van der Waals surface area contributed by atoms with E-state index in [1.165, 1.54) is 24.3 Å². The van der Waals surface area contributed by atoms with Crippen molar-refractivity contribution < 1.29 is 0 Å². The summed E-state index contributed by atoms with van der Waals surface area (Å²) in [6.07, 6.45) is 7.58. The van der Waals surface area contributed by atoms with Gasteiger partial charge in [0.1, 0.15) is 0 Å². The summed E-state index contributed by atoms with van der Waals surface area (Å²) < 4.78 is 0. The Morgan fingerprint density at radius 3 is 2.73 bits per heavy atom. The fraction of sp³-hybridized carbons (Fsp3) is 0.692. The molecule has 0 bridgehead atoms. The van der Waals surface area contributed by atoms with Crippen molar-refractivity contribution in [1.29, 1.82) is 0 Å². The number of hydrogen-bond acceptors (Lipinski definition) is 2. The molecule has 0 spiro atoms. The van der Waals surface area contributed by atoms with Crippen LogP contribution >= 0.6 is 11.8 Å². The summed E-state index contributed by atoms with van der Waals surface area (Å²) in [5, 5.41) is 4.18. The number of rotatable bonds is 9. The van der Waals surface area contributed by atoms with E-state index in [9.17, 15) is 0 Å². The smallest absolute Gasteiger partial charge is 0.0143 e. The molecule has 0 fully saturated rings. The summed E-state index contributed by atoms with van der Waals surface area (Å²) >= 11 is 2.01. The maximum atomic E-state index is 3.76. The second-order valence-electron chi connectivity index (χ2n) is 3.68. The summed E-state index contributed by atoms with van der Waals surface area (Å²) in [5.41, 5.74) is 1.33. The van der Waals surface area contributed by atoms with Crippen LogP contribution in [0.25, 0.3) is 0 Å². The van der Waals surface area contributed by atoms with Crippen LogP contribution in [-0.2, 0) is 0 Å². The van der Waals surface area contributed by atoms with E-state index in [1.54, 1.807) is 0 Å². The SMILES string of the molecule is C=C/C=C(\CC(C)SCC)NCCCC. The van der Waals surface area contributed by atoms with Gasteiger partial charge in [0.25, 0.3) is 0 Å². The summed E-state index contributed by atoms with van der Waals surface area (Å²) in [5.74, 6) is 1.19. The zero-order chi connectivity index (χ0) is 11.5. The monoisotopic (exact) mass is 227 g/mol. The van der Waals surface area contributed by atoms with Crippen LogP contribution in [0.4, 0.5) is 0 Å². The second kappa shape index (κ2) is 10.2. The average molecular weight is 227 g/mol. The molecule has 15 heavy (non-hydrogen) atoms. The Hall–Kier alpha value is -0.370. The fourth-order valence-electron chi connectivity index (χ4n) is 1.42. The molecule has 0 heterocycles. The van der Waals surface area contributed by atoms with Gasteiger partial charge in [-0.1, -0.05) is 39.8 Å². The van der Waals surface area contributed by atoms with Crippen LogP contribution in [0.2, 0.25) is 0 Å². The van der Waals surface area contributed by atoms with Gasteiger partial charge in [-0.25, -0.2) is 0 Å². The van der Waals surface area contributed by atoms with Crippen LogP contribution in [0.3, 0.4) is 0 Å². The van der Waals surface area contributed by atoms with Gasteiger partial charge in [-0.05, 0) is 24.7 Å². The summed E-state index contributed by atoms with van der Waals surface area (Å²) in [6, 6.07) is 0. The molecule has 1 N–H and O–H groups in total. The lowest BCUT2D eigenvalue weighted by Crippen LogP contribution is -2.17. The first-order valence-corrected chi connectivity index (χ1v) is 6.96. The van der Waals surface area contributed by atoms with Gasteiger partial charge in [-0.2, -0.15) is 11.8 Å². The third-order valence-electron chi connectivity index (χ3n) is 2.16. The lowest BCUT2D eigenvalue weighted by atomic mass is 10.2. The standard InChI is InChI=1S/C13H25NS/c1-5-8-10-14-13(9-6-2)11-12(4)15-7-3/h6,9,12,14H,2,5,7-8,10-11H2,1,3-4H3/b13-9+. The van der Waals surface area contributed by atoms with E-state index >= 15 is 0 Å². The molecule has 1 unspecified atom stereocenters. The van der Waals surface area contributed by atoms with Gasteiger partial charge in [-0.3, -0.25) is 0 Å². The van der Waals surface area contributed by atoms with Crippen LogP contribution in [-0.4, -0.2) is 17.5 Å². The van der Waals surface area contributed by atoms with Gasteiger partial charge < -0.3 is 5.32 Å². The van der Waals surface area contributed by atoms with Crippen LogP contribution in [0.1, 0.15) is 40.0 Å². The minimum atomic E-state index is 0.690. The molecule has 1 nitrogen and oxygen atoms in total. The van der Waals surface area contributed by atoms with Gasteiger partial charge in [0.05, 0.1) is 0 Å². The fourth-order valence-corrected chi connectivity index (χ4v) is 2.29. The Morgan fingerprint density at radius 1 is 1.47 bits per heavy atom. The van der Waals surface area contributed by atoms with Crippen LogP contribution < -0.4 is 5.32 Å². The van der Waals surface area contributed by atoms with Gasteiger partial charge in [0.15, 0.2) is 0 Å². The molecule has 88 valence electrons. The Morgan fingerprint density at radius 2 is 2.20 bits per heavy atom. The predicted octanol–water partition coefficient (Wildman–Crippen LogP) is 3.98. The number of allylic oxidation sites excluding steroid dienone is 3. The summed E-state index contributed by atoms with van der Waals surface area (Å²) in [7, 11) is 0. The normalized spacial score (nSPS) is 13.7. The van der Waals surface area contributed by atoms with Crippen molar-refractivity contribution in [3.63, 3.8) is 0 Å². The van der Waals surface area contributed by atoms with Crippen molar-refractivity contribution in [2.45, 2.75) is 45.3 Å². The first-order chi connectivity index (χ1) is 7.24. The average Bonchev–Trinajstić information content (AvgIpc) is 2.18. The van der Waals surface area contributed by atoms with E-state index in [0.717, 1.165) is 13.0 Å². The van der Waals surface area contributed by atoms with Gasteiger partial charge in [-0.15, -0.1) is 0 Å². The van der Waals surface area contributed by atoms with E-state index in [4.69, 9.17) is 0 Å². The molecule has 0 amide bonds. The molecular formula is C13H25NS. The summed E-state index contributed by atoms with van der Waals surface area (Å²) in [6.45, 7) is 11.6. The number of thioether (sulfide) groups is 1. The molecule has 0 saturated heterocycles. The Bertz CT molecular complexity index is 187. The molecule has 0 aliphatic rings. The molecule has 2 heteroatoms. The molecule has 0 aliphatic heterocycles. The van der Waals surface area contributed by atoms with E-state index in [0.29, 0.717) is 5.25 Å². The van der Waals surface area contributed by atoms with E-state index in [1.807, 2.05) is 17.8 Å². The van der Waals surface area contributed by atoms with Crippen LogP contribution in [0, 0.1) is 0 Å². The zero-order valence-corrected chi connectivity index (χ0v) is 11.2. The molecule has 0 aliphatic carbocycles. The maximum absolute atomic E-state index is 3.76. The van der Waals surface area contributed by atoms with E-state index in [2.05, 4.69) is 38.7 Å². The first kappa shape index (κ1) is 14.6. The number of unbranched alkanes of at least 4 members (excludes halogenated alkanes) is 1. The largest absolute Gasteiger partial charge is 0.388 e. The zero-order valence-electron chi connectivity index (χ0n) is 10.4. The highest BCUT2D eigenvalue weighted by atomic mass is 32.2. The van der Waals surface area contributed by atoms with Crippen molar-refractivity contribution in [2.24, 2.45) is 0 Å². The molecule has 0 aromatic rings. The van der Waals surface area contributed by atoms with Crippen molar-refractivity contribution in [2.75, 3.05) is 12.3 Å². The lowest BCUT2D eigenvalue weighted by molar-refractivity contribution is 0.682. The van der Waals surface area contributed by atoms with Crippen molar-refractivity contribution in [3.05, 3.63) is 24.4 Å². The van der Waals surface area contributed by atoms with E-state index in [-0.39, 0.29) is 0 Å². The predicted molar refractivity (Wildman–Crippen MR) is 73.4 cm³/mol. The van der Waals surface area contributed by atoms with Gasteiger partial charge >= 0.3 is 0 Å².